The second-order valence-corrected chi connectivity index (χ2v) is 8.37. The van der Waals surface area contributed by atoms with Crippen LogP contribution in [0.5, 0.6) is 0 Å². The SMILES string of the molecule is C=C(C)C(=O)OC12CC3(C)CC(O)(CC(OCC)(C3)C1C)C2. The molecule has 124 valence electrons. The molecule has 0 aliphatic heterocycles. The molecule has 1 N–H and O–H groups in total. The topological polar surface area (TPSA) is 55.8 Å². The zero-order valence-electron chi connectivity index (χ0n) is 14.2. The zero-order valence-corrected chi connectivity index (χ0v) is 14.2. The minimum atomic E-state index is -0.789. The summed E-state index contributed by atoms with van der Waals surface area (Å²) in [7, 11) is 0. The van der Waals surface area contributed by atoms with Gasteiger partial charge >= 0.3 is 5.97 Å². The van der Waals surface area contributed by atoms with Gasteiger partial charge in [0.05, 0.1) is 11.2 Å². The molecule has 4 bridgehead atoms. The van der Waals surface area contributed by atoms with Gasteiger partial charge in [-0.25, -0.2) is 4.79 Å². The molecule has 0 saturated heterocycles. The highest BCUT2D eigenvalue weighted by atomic mass is 16.6. The molecule has 0 spiro atoms. The van der Waals surface area contributed by atoms with Crippen molar-refractivity contribution in [2.45, 2.75) is 76.6 Å². The summed E-state index contributed by atoms with van der Waals surface area (Å²) in [6.45, 7) is 12.3. The van der Waals surface area contributed by atoms with Gasteiger partial charge in [0, 0.05) is 30.9 Å². The van der Waals surface area contributed by atoms with Crippen LogP contribution in [-0.2, 0) is 14.3 Å². The molecule has 0 radical (unpaired) electrons. The van der Waals surface area contributed by atoms with E-state index in [1.807, 2.05) is 6.92 Å². The standard InChI is InChI=1S/C18H28O4/c1-6-21-17-8-15(5)7-16(20,10-17)11-18(9-15,13(17)4)22-14(19)12(2)3/h13,20H,2,6-11H2,1,3-5H3. The summed E-state index contributed by atoms with van der Waals surface area (Å²) < 4.78 is 12.1. The van der Waals surface area contributed by atoms with E-state index in [9.17, 15) is 9.90 Å². The van der Waals surface area contributed by atoms with Crippen LogP contribution in [0.4, 0.5) is 0 Å². The molecule has 4 fully saturated rings. The van der Waals surface area contributed by atoms with Crippen LogP contribution in [0.2, 0.25) is 0 Å². The Morgan fingerprint density at radius 1 is 1.23 bits per heavy atom. The number of ether oxygens (including phenoxy) is 2. The second kappa shape index (κ2) is 4.57. The molecule has 0 aromatic carbocycles. The van der Waals surface area contributed by atoms with Gasteiger partial charge in [0.2, 0.25) is 0 Å². The molecule has 22 heavy (non-hydrogen) atoms. The van der Waals surface area contributed by atoms with E-state index in [-0.39, 0.29) is 22.9 Å². The first-order chi connectivity index (χ1) is 10.1. The number of aliphatic hydroxyl groups is 1. The van der Waals surface area contributed by atoms with Crippen molar-refractivity contribution in [1.29, 1.82) is 0 Å². The molecule has 4 saturated carbocycles. The van der Waals surface area contributed by atoms with Gasteiger partial charge in [0.25, 0.3) is 0 Å². The van der Waals surface area contributed by atoms with Crippen LogP contribution in [0, 0.1) is 11.3 Å². The number of rotatable bonds is 4. The Labute approximate surface area is 132 Å². The van der Waals surface area contributed by atoms with Crippen LogP contribution in [0.3, 0.4) is 0 Å². The molecule has 4 heteroatoms. The summed E-state index contributed by atoms with van der Waals surface area (Å²) in [5, 5.41) is 11.1. The van der Waals surface area contributed by atoms with E-state index in [2.05, 4.69) is 20.4 Å². The Morgan fingerprint density at radius 3 is 2.36 bits per heavy atom. The predicted octanol–water partition coefficient (Wildman–Crippen LogP) is 2.98. The predicted molar refractivity (Wildman–Crippen MR) is 83.3 cm³/mol. The van der Waals surface area contributed by atoms with Crippen molar-refractivity contribution >= 4 is 5.97 Å². The van der Waals surface area contributed by atoms with E-state index in [0.29, 0.717) is 25.0 Å². The number of esters is 1. The Morgan fingerprint density at radius 2 is 1.82 bits per heavy atom. The van der Waals surface area contributed by atoms with Crippen molar-refractivity contribution in [2.24, 2.45) is 11.3 Å². The number of carbonyl (C=O) groups is 1. The van der Waals surface area contributed by atoms with Gasteiger partial charge in [0.1, 0.15) is 5.60 Å². The fraction of sp³-hybridized carbons (Fsp3) is 0.833. The minimum Gasteiger partial charge on any atom is -0.455 e. The maximum absolute atomic E-state index is 12.2. The third kappa shape index (κ3) is 2.15. The zero-order chi connectivity index (χ0) is 16.4. The van der Waals surface area contributed by atoms with Crippen molar-refractivity contribution in [2.75, 3.05) is 6.61 Å². The average molecular weight is 308 g/mol. The average Bonchev–Trinajstić information content (AvgIpc) is 2.32. The van der Waals surface area contributed by atoms with Crippen LogP contribution >= 0.6 is 0 Å². The first-order valence-corrected chi connectivity index (χ1v) is 8.33. The minimum absolute atomic E-state index is 0.0394. The lowest BCUT2D eigenvalue weighted by molar-refractivity contribution is -0.318. The summed E-state index contributed by atoms with van der Waals surface area (Å²) in [4.78, 5) is 12.2. The second-order valence-electron chi connectivity index (χ2n) is 8.37. The lowest BCUT2D eigenvalue weighted by atomic mass is 9.42. The quantitative estimate of drug-likeness (QED) is 0.641. The normalized spacial score (nSPS) is 49.2. The van der Waals surface area contributed by atoms with Crippen molar-refractivity contribution in [3.63, 3.8) is 0 Å². The van der Waals surface area contributed by atoms with Gasteiger partial charge < -0.3 is 14.6 Å². The molecular formula is C18H28O4. The highest BCUT2D eigenvalue weighted by Gasteiger charge is 2.72. The molecule has 0 heterocycles. The fourth-order valence-corrected chi connectivity index (χ4v) is 5.89. The highest BCUT2D eigenvalue weighted by Crippen LogP contribution is 2.68. The maximum Gasteiger partial charge on any atom is 0.333 e. The van der Waals surface area contributed by atoms with Gasteiger partial charge in [-0.1, -0.05) is 20.4 Å². The third-order valence-electron chi connectivity index (χ3n) is 6.12. The lowest BCUT2D eigenvalue weighted by Crippen LogP contribution is -2.74. The molecular weight excluding hydrogens is 280 g/mol. The maximum atomic E-state index is 12.2. The summed E-state index contributed by atoms with van der Waals surface area (Å²) >= 11 is 0. The summed E-state index contributed by atoms with van der Waals surface area (Å²) in [5.74, 6) is -0.274. The van der Waals surface area contributed by atoms with Crippen LogP contribution in [0.25, 0.3) is 0 Å². The van der Waals surface area contributed by atoms with Crippen LogP contribution in [-0.4, -0.2) is 34.5 Å². The number of hydrogen-bond acceptors (Lipinski definition) is 4. The van der Waals surface area contributed by atoms with Crippen LogP contribution in [0.1, 0.15) is 59.8 Å². The lowest BCUT2D eigenvalue weighted by Gasteiger charge is -2.70. The smallest absolute Gasteiger partial charge is 0.333 e. The largest absolute Gasteiger partial charge is 0.455 e. The summed E-state index contributed by atoms with van der Waals surface area (Å²) in [6.07, 6.45) is 3.68. The van der Waals surface area contributed by atoms with Crippen molar-refractivity contribution < 1.29 is 19.4 Å². The van der Waals surface area contributed by atoms with Gasteiger partial charge in [-0.2, -0.15) is 0 Å². The first-order valence-electron chi connectivity index (χ1n) is 8.33. The molecule has 0 aromatic heterocycles. The molecule has 0 aromatic rings. The highest BCUT2D eigenvalue weighted by molar-refractivity contribution is 5.87. The van der Waals surface area contributed by atoms with Crippen LogP contribution < -0.4 is 0 Å². The summed E-state index contributed by atoms with van der Waals surface area (Å²) in [5.41, 5.74) is -1.44. The Hall–Kier alpha value is -0.870. The van der Waals surface area contributed by atoms with Crippen molar-refractivity contribution in [3.05, 3.63) is 12.2 Å². The molecule has 4 aliphatic carbocycles. The monoisotopic (exact) mass is 308 g/mol. The van der Waals surface area contributed by atoms with Crippen molar-refractivity contribution in [3.8, 4) is 0 Å². The number of hydrogen-bond donors (Lipinski definition) is 1. The van der Waals surface area contributed by atoms with Crippen LogP contribution in [0.15, 0.2) is 12.2 Å². The Bertz CT molecular complexity index is 505. The van der Waals surface area contributed by atoms with E-state index in [1.54, 1.807) is 6.92 Å². The summed E-state index contributed by atoms with van der Waals surface area (Å²) in [6, 6.07) is 0. The Kier molecular flexibility index (Phi) is 3.33. The van der Waals surface area contributed by atoms with E-state index in [4.69, 9.17) is 9.47 Å². The van der Waals surface area contributed by atoms with Crippen molar-refractivity contribution in [1.82, 2.24) is 0 Å². The van der Waals surface area contributed by atoms with E-state index in [0.717, 1.165) is 19.3 Å². The number of carbonyl (C=O) groups excluding carboxylic acids is 1. The molecule has 4 nitrogen and oxygen atoms in total. The van der Waals surface area contributed by atoms with E-state index in [1.165, 1.54) is 0 Å². The first kappa shape index (κ1) is 16.0. The fourth-order valence-electron chi connectivity index (χ4n) is 5.89. The van der Waals surface area contributed by atoms with E-state index < -0.39 is 11.2 Å². The molecule has 5 unspecified atom stereocenters. The van der Waals surface area contributed by atoms with E-state index >= 15 is 0 Å². The van der Waals surface area contributed by atoms with Gasteiger partial charge in [0.15, 0.2) is 0 Å². The third-order valence-corrected chi connectivity index (χ3v) is 6.12. The van der Waals surface area contributed by atoms with Gasteiger partial charge in [-0.15, -0.1) is 0 Å². The Balaban J connectivity index is 2.03. The molecule has 0 amide bonds. The van der Waals surface area contributed by atoms with Gasteiger partial charge in [-0.3, -0.25) is 0 Å². The van der Waals surface area contributed by atoms with Gasteiger partial charge in [-0.05, 0) is 38.5 Å². The molecule has 5 atom stereocenters. The molecule has 4 aliphatic rings. The molecule has 4 rings (SSSR count).